The van der Waals surface area contributed by atoms with Crippen molar-refractivity contribution < 1.29 is 4.39 Å². The minimum Gasteiger partial charge on any atom is -0.384 e. The zero-order chi connectivity index (χ0) is 19.3. The Morgan fingerprint density at radius 2 is 1.57 bits per heavy atom. The lowest BCUT2D eigenvalue weighted by atomic mass is 10.1. The molecule has 0 aliphatic carbocycles. The van der Waals surface area contributed by atoms with Gasteiger partial charge in [0.05, 0.1) is 5.69 Å². The molecular weight excluding hydrogens is 351 g/mol. The van der Waals surface area contributed by atoms with Crippen LogP contribution in [0.1, 0.15) is 5.56 Å². The SMILES string of the molecule is Nc1cccc(-c2ccc(CCN3CCN(c4ccc(F)cc4)CC3)cc2)n1. The van der Waals surface area contributed by atoms with Crippen molar-refractivity contribution in [2.75, 3.05) is 43.4 Å². The molecule has 0 atom stereocenters. The lowest BCUT2D eigenvalue weighted by Crippen LogP contribution is -2.47. The molecule has 1 saturated heterocycles. The van der Waals surface area contributed by atoms with Crippen LogP contribution >= 0.6 is 0 Å². The Morgan fingerprint density at radius 1 is 0.857 bits per heavy atom. The summed E-state index contributed by atoms with van der Waals surface area (Å²) in [6, 6.07) is 21.1. The number of nitrogens with two attached hydrogens (primary N) is 1. The molecule has 2 N–H and O–H groups in total. The Labute approximate surface area is 165 Å². The third kappa shape index (κ3) is 4.49. The Kier molecular flexibility index (Phi) is 5.53. The van der Waals surface area contributed by atoms with Gasteiger partial charge in [0.25, 0.3) is 0 Å². The van der Waals surface area contributed by atoms with E-state index in [1.54, 1.807) is 6.07 Å². The molecule has 0 radical (unpaired) electrons. The van der Waals surface area contributed by atoms with Crippen LogP contribution in [0.25, 0.3) is 11.3 Å². The normalized spacial score (nSPS) is 15.0. The fourth-order valence-electron chi connectivity index (χ4n) is 3.62. The predicted molar refractivity (Wildman–Crippen MR) is 113 cm³/mol. The number of aromatic nitrogens is 1. The monoisotopic (exact) mass is 376 g/mol. The standard InChI is InChI=1S/C23H25FN4/c24-20-8-10-21(11-9-20)28-16-14-27(15-17-28)13-12-18-4-6-19(7-5-18)22-2-1-3-23(25)26-22/h1-11H,12-17H2,(H2,25,26). The van der Waals surface area contributed by atoms with Crippen LogP contribution in [-0.4, -0.2) is 42.6 Å². The fourth-order valence-corrected chi connectivity index (χ4v) is 3.62. The van der Waals surface area contributed by atoms with Gasteiger partial charge in [0.1, 0.15) is 11.6 Å². The molecule has 0 spiro atoms. The average molecular weight is 376 g/mol. The van der Waals surface area contributed by atoms with Crippen molar-refractivity contribution in [2.24, 2.45) is 0 Å². The second kappa shape index (κ2) is 8.40. The van der Waals surface area contributed by atoms with Gasteiger partial charge < -0.3 is 10.6 Å². The zero-order valence-electron chi connectivity index (χ0n) is 15.9. The Bertz CT molecular complexity index is 901. The van der Waals surface area contributed by atoms with Crippen LogP contribution in [0.3, 0.4) is 0 Å². The number of nitrogen functional groups attached to an aromatic ring is 1. The smallest absolute Gasteiger partial charge is 0.124 e. The molecule has 0 unspecified atom stereocenters. The Hall–Kier alpha value is -2.92. The third-order valence-electron chi connectivity index (χ3n) is 5.30. The maximum absolute atomic E-state index is 13.1. The topological polar surface area (TPSA) is 45.4 Å². The van der Waals surface area contributed by atoms with E-state index in [0.717, 1.165) is 56.1 Å². The van der Waals surface area contributed by atoms with Crippen LogP contribution in [0, 0.1) is 5.82 Å². The number of benzene rings is 2. The Morgan fingerprint density at radius 3 is 2.25 bits per heavy atom. The summed E-state index contributed by atoms with van der Waals surface area (Å²) in [6.07, 6.45) is 1.03. The highest BCUT2D eigenvalue weighted by atomic mass is 19.1. The summed E-state index contributed by atoms with van der Waals surface area (Å²) >= 11 is 0. The van der Waals surface area contributed by atoms with E-state index in [1.165, 1.54) is 17.7 Å². The van der Waals surface area contributed by atoms with E-state index in [9.17, 15) is 4.39 Å². The first kappa shape index (κ1) is 18.4. The molecule has 5 heteroatoms. The minimum absolute atomic E-state index is 0.181. The summed E-state index contributed by atoms with van der Waals surface area (Å²) in [5, 5.41) is 0. The second-order valence-corrected chi connectivity index (χ2v) is 7.20. The molecule has 28 heavy (non-hydrogen) atoms. The Balaban J connectivity index is 1.28. The minimum atomic E-state index is -0.181. The van der Waals surface area contributed by atoms with Crippen LogP contribution in [0.2, 0.25) is 0 Å². The summed E-state index contributed by atoms with van der Waals surface area (Å²) in [5.41, 5.74) is 10.2. The number of anilines is 2. The van der Waals surface area contributed by atoms with Gasteiger partial charge in [-0.15, -0.1) is 0 Å². The maximum Gasteiger partial charge on any atom is 0.124 e. The van der Waals surface area contributed by atoms with Crippen molar-refractivity contribution in [3.63, 3.8) is 0 Å². The molecule has 4 nitrogen and oxygen atoms in total. The van der Waals surface area contributed by atoms with Gasteiger partial charge in [-0.3, -0.25) is 4.90 Å². The number of rotatable bonds is 5. The predicted octanol–water partition coefficient (Wildman–Crippen LogP) is 3.83. The van der Waals surface area contributed by atoms with Gasteiger partial charge in [-0.1, -0.05) is 30.3 Å². The molecule has 144 valence electrons. The molecular formula is C23H25FN4. The molecule has 3 aromatic rings. The lowest BCUT2D eigenvalue weighted by molar-refractivity contribution is 0.261. The summed E-state index contributed by atoms with van der Waals surface area (Å²) in [6.45, 7) is 5.07. The van der Waals surface area contributed by atoms with Crippen molar-refractivity contribution in [2.45, 2.75) is 6.42 Å². The number of nitrogens with zero attached hydrogens (tertiary/aromatic N) is 3. The van der Waals surface area contributed by atoms with Gasteiger partial charge in [0, 0.05) is 44.0 Å². The molecule has 1 aliphatic heterocycles. The summed E-state index contributed by atoms with van der Waals surface area (Å²) in [5.74, 6) is 0.362. The molecule has 2 heterocycles. The molecule has 2 aromatic carbocycles. The van der Waals surface area contributed by atoms with E-state index in [4.69, 9.17) is 5.73 Å². The van der Waals surface area contributed by atoms with Gasteiger partial charge in [0.15, 0.2) is 0 Å². The first-order valence-corrected chi connectivity index (χ1v) is 9.72. The van der Waals surface area contributed by atoms with Gasteiger partial charge in [-0.25, -0.2) is 9.37 Å². The van der Waals surface area contributed by atoms with E-state index in [2.05, 4.69) is 39.0 Å². The molecule has 4 rings (SSSR count). The first-order valence-electron chi connectivity index (χ1n) is 9.72. The van der Waals surface area contributed by atoms with Crippen LogP contribution in [0.15, 0.2) is 66.7 Å². The quantitative estimate of drug-likeness (QED) is 0.735. The van der Waals surface area contributed by atoms with Crippen molar-refractivity contribution >= 4 is 11.5 Å². The van der Waals surface area contributed by atoms with Crippen molar-refractivity contribution in [1.82, 2.24) is 9.88 Å². The molecule has 1 fully saturated rings. The van der Waals surface area contributed by atoms with Crippen LogP contribution < -0.4 is 10.6 Å². The maximum atomic E-state index is 13.1. The second-order valence-electron chi connectivity index (χ2n) is 7.20. The highest BCUT2D eigenvalue weighted by Gasteiger charge is 2.17. The van der Waals surface area contributed by atoms with Crippen molar-refractivity contribution in [1.29, 1.82) is 0 Å². The van der Waals surface area contributed by atoms with Crippen molar-refractivity contribution in [3.8, 4) is 11.3 Å². The molecule has 0 bridgehead atoms. The average Bonchev–Trinajstić information content (AvgIpc) is 2.74. The number of hydrogen-bond acceptors (Lipinski definition) is 4. The fraction of sp³-hybridized carbons (Fsp3) is 0.261. The van der Waals surface area contributed by atoms with Crippen LogP contribution in [0.5, 0.6) is 0 Å². The largest absolute Gasteiger partial charge is 0.384 e. The molecule has 1 aromatic heterocycles. The molecule has 0 saturated carbocycles. The molecule has 0 amide bonds. The third-order valence-corrected chi connectivity index (χ3v) is 5.30. The number of piperazine rings is 1. The lowest BCUT2D eigenvalue weighted by Gasteiger charge is -2.36. The van der Waals surface area contributed by atoms with Crippen LogP contribution in [-0.2, 0) is 6.42 Å². The summed E-state index contributed by atoms with van der Waals surface area (Å²) < 4.78 is 13.1. The first-order chi connectivity index (χ1) is 13.7. The number of halogens is 1. The van der Waals surface area contributed by atoms with Gasteiger partial charge in [-0.2, -0.15) is 0 Å². The highest BCUT2D eigenvalue weighted by Crippen LogP contribution is 2.20. The summed E-state index contributed by atoms with van der Waals surface area (Å²) in [7, 11) is 0. The van der Waals surface area contributed by atoms with E-state index in [1.807, 2.05) is 24.3 Å². The number of hydrogen-bond donors (Lipinski definition) is 1. The van der Waals surface area contributed by atoms with Gasteiger partial charge >= 0.3 is 0 Å². The van der Waals surface area contributed by atoms with Crippen LogP contribution in [0.4, 0.5) is 15.9 Å². The van der Waals surface area contributed by atoms with E-state index in [-0.39, 0.29) is 5.82 Å². The molecule has 1 aliphatic rings. The van der Waals surface area contributed by atoms with Crippen molar-refractivity contribution in [3.05, 3.63) is 78.1 Å². The zero-order valence-corrected chi connectivity index (χ0v) is 15.9. The van der Waals surface area contributed by atoms with Gasteiger partial charge in [-0.05, 0) is 48.4 Å². The van der Waals surface area contributed by atoms with E-state index < -0.39 is 0 Å². The number of pyridine rings is 1. The van der Waals surface area contributed by atoms with E-state index in [0.29, 0.717) is 5.82 Å². The summed E-state index contributed by atoms with van der Waals surface area (Å²) in [4.78, 5) is 9.19. The highest BCUT2D eigenvalue weighted by molar-refractivity contribution is 5.61. The van der Waals surface area contributed by atoms with E-state index >= 15 is 0 Å². The van der Waals surface area contributed by atoms with Gasteiger partial charge in [0.2, 0.25) is 0 Å².